The SMILES string of the molecule is C=CCc1cc(-c2cccc(C(F)(F)F)c2)c2ncccc2c1. The van der Waals surface area contributed by atoms with E-state index in [0.717, 1.165) is 17.0 Å². The predicted molar refractivity (Wildman–Crippen MR) is 86.1 cm³/mol. The Bertz CT molecular complexity index is 866. The predicted octanol–water partition coefficient (Wildman–Crippen LogP) is 5.65. The maximum atomic E-state index is 13.0. The first kappa shape index (κ1) is 15.3. The number of hydrogen-bond acceptors (Lipinski definition) is 1. The van der Waals surface area contributed by atoms with Crippen LogP contribution in [0.3, 0.4) is 0 Å². The van der Waals surface area contributed by atoms with Crippen LogP contribution >= 0.6 is 0 Å². The number of hydrogen-bond donors (Lipinski definition) is 0. The lowest BCUT2D eigenvalue weighted by Crippen LogP contribution is -2.04. The third-order valence-corrected chi connectivity index (χ3v) is 3.65. The first-order valence-corrected chi connectivity index (χ1v) is 7.15. The van der Waals surface area contributed by atoms with E-state index in [1.807, 2.05) is 24.3 Å². The first-order valence-electron chi connectivity index (χ1n) is 7.15. The molecule has 3 rings (SSSR count). The molecule has 0 N–H and O–H groups in total. The van der Waals surface area contributed by atoms with E-state index in [1.54, 1.807) is 18.3 Å². The lowest BCUT2D eigenvalue weighted by Gasteiger charge is -2.12. The lowest BCUT2D eigenvalue weighted by atomic mass is 9.96. The molecule has 1 heterocycles. The number of alkyl halides is 3. The molecule has 0 bridgehead atoms. The molecule has 0 saturated heterocycles. The third-order valence-electron chi connectivity index (χ3n) is 3.65. The standard InChI is InChI=1S/C19H14F3N/c1-2-5-13-10-15-7-4-9-23-18(15)17(11-13)14-6-3-8-16(12-14)19(20,21)22/h2-4,6-12H,1,5H2. The molecule has 1 aromatic heterocycles. The van der Waals surface area contributed by atoms with Crippen LogP contribution in [0.4, 0.5) is 13.2 Å². The van der Waals surface area contributed by atoms with E-state index < -0.39 is 11.7 Å². The molecule has 0 aliphatic carbocycles. The number of pyridine rings is 1. The largest absolute Gasteiger partial charge is 0.416 e. The Hall–Kier alpha value is -2.62. The second-order valence-electron chi connectivity index (χ2n) is 5.29. The van der Waals surface area contributed by atoms with Crippen molar-refractivity contribution in [2.45, 2.75) is 12.6 Å². The summed E-state index contributed by atoms with van der Waals surface area (Å²) in [6, 6.07) is 12.9. The summed E-state index contributed by atoms with van der Waals surface area (Å²) >= 11 is 0. The average Bonchev–Trinajstić information content (AvgIpc) is 2.54. The molecule has 0 radical (unpaired) electrons. The van der Waals surface area contributed by atoms with Gasteiger partial charge >= 0.3 is 6.18 Å². The van der Waals surface area contributed by atoms with Gasteiger partial charge in [-0.2, -0.15) is 13.2 Å². The Labute approximate surface area is 132 Å². The molecule has 23 heavy (non-hydrogen) atoms. The molecular formula is C19H14F3N. The van der Waals surface area contributed by atoms with Gasteiger partial charge in [0, 0.05) is 17.1 Å². The molecule has 1 nitrogen and oxygen atoms in total. The molecule has 2 aromatic carbocycles. The average molecular weight is 313 g/mol. The topological polar surface area (TPSA) is 12.9 Å². The number of benzene rings is 2. The molecule has 0 amide bonds. The van der Waals surface area contributed by atoms with Gasteiger partial charge in [0.05, 0.1) is 11.1 Å². The molecule has 0 saturated carbocycles. The smallest absolute Gasteiger partial charge is 0.256 e. The Morgan fingerprint density at radius 1 is 1.04 bits per heavy atom. The molecule has 0 unspecified atom stereocenters. The second kappa shape index (κ2) is 5.88. The monoisotopic (exact) mass is 313 g/mol. The van der Waals surface area contributed by atoms with Crippen molar-refractivity contribution in [2.75, 3.05) is 0 Å². The zero-order chi connectivity index (χ0) is 16.4. The number of halogens is 3. The fraction of sp³-hybridized carbons (Fsp3) is 0.105. The summed E-state index contributed by atoms with van der Waals surface area (Å²) in [6.45, 7) is 3.72. The Morgan fingerprint density at radius 2 is 1.87 bits per heavy atom. The summed E-state index contributed by atoms with van der Waals surface area (Å²) in [5, 5.41) is 0.902. The molecule has 3 aromatic rings. The molecule has 4 heteroatoms. The van der Waals surface area contributed by atoms with Gasteiger partial charge in [-0.3, -0.25) is 4.98 Å². The summed E-state index contributed by atoms with van der Waals surface area (Å²) in [6.07, 6.45) is -0.297. The zero-order valence-corrected chi connectivity index (χ0v) is 12.3. The van der Waals surface area contributed by atoms with Gasteiger partial charge in [-0.05, 0) is 47.9 Å². The van der Waals surface area contributed by atoms with Gasteiger partial charge in [-0.15, -0.1) is 6.58 Å². The fourth-order valence-corrected chi connectivity index (χ4v) is 2.62. The number of rotatable bonds is 3. The van der Waals surface area contributed by atoms with Crippen LogP contribution in [-0.4, -0.2) is 4.98 Å². The Morgan fingerprint density at radius 3 is 2.61 bits per heavy atom. The maximum Gasteiger partial charge on any atom is 0.416 e. The van der Waals surface area contributed by atoms with Crippen molar-refractivity contribution < 1.29 is 13.2 Å². The molecule has 0 aliphatic rings. The molecule has 0 spiro atoms. The van der Waals surface area contributed by atoms with E-state index in [-0.39, 0.29) is 0 Å². The molecule has 116 valence electrons. The molecule has 0 fully saturated rings. The minimum absolute atomic E-state index is 0.509. The van der Waals surface area contributed by atoms with Gasteiger partial charge in [0.2, 0.25) is 0 Å². The minimum atomic E-state index is -4.36. The number of nitrogens with zero attached hydrogens (tertiary/aromatic N) is 1. The van der Waals surface area contributed by atoms with Crippen molar-refractivity contribution in [1.82, 2.24) is 4.98 Å². The van der Waals surface area contributed by atoms with Crippen molar-refractivity contribution in [3.8, 4) is 11.1 Å². The van der Waals surface area contributed by atoms with Crippen LogP contribution in [-0.2, 0) is 12.6 Å². The van der Waals surface area contributed by atoms with Crippen LogP contribution in [0, 0.1) is 0 Å². The molecule has 0 aliphatic heterocycles. The summed E-state index contributed by atoms with van der Waals surface area (Å²) in [7, 11) is 0. The van der Waals surface area contributed by atoms with Crippen LogP contribution < -0.4 is 0 Å². The highest BCUT2D eigenvalue weighted by atomic mass is 19.4. The number of fused-ring (bicyclic) bond motifs is 1. The number of aromatic nitrogens is 1. The van der Waals surface area contributed by atoms with Gasteiger partial charge in [-0.1, -0.05) is 24.3 Å². The third kappa shape index (κ3) is 3.11. The van der Waals surface area contributed by atoms with E-state index in [4.69, 9.17) is 0 Å². The van der Waals surface area contributed by atoms with E-state index in [0.29, 0.717) is 23.1 Å². The highest BCUT2D eigenvalue weighted by molar-refractivity contribution is 5.94. The fourth-order valence-electron chi connectivity index (χ4n) is 2.62. The molecule has 0 atom stereocenters. The van der Waals surface area contributed by atoms with Gasteiger partial charge in [-0.25, -0.2) is 0 Å². The zero-order valence-electron chi connectivity index (χ0n) is 12.3. The van der Waals surface area contributed by atoms with Crippen LogP contribution in [0.2, 0.25) is 0 Å². The minimum Gasteiger partial charge on any atom is -0.256 e. The first-order chi connectivity index (χ1) is 11.0. The van der Waals surface area contributed by atoms with Gasteiger partial charge in [0.1, 0.15) is 0 Å². The van der Waals surface area contributed by atoms with Crippen molar-refractivity contribution in [1.29, 1.82) is 0 Å². The highest BCUT2D eigenvalue weighted by Crippen LogP contribution is 2.34. The molecular weight excluding hydrogens is 299 g/mol. The summed E-state index contributed by atoms with van der Waals surface area (Å²) in [4.78, 5) is 4.34. The Kier molecular flexibility index (Phi) is 3.90. The van der Waals surface area contributed by atoms with Crippen molar-refractivity contribution >= 4 is 10.9 Å². The summed E-state index contributed by atoms with van der Waals surface area (Å²) in [5.41, 5.74) is 2.24. The normalized spacial score (nSPS) is 11.6. The quantitative estimate of drug-likeness (QED) is 0.569. The van der Waals surface area contributed by atoms with Crippen molar-refractivity contribution in [2.24, 2.45) is 0 Å². The summed E-state index contributed by atoms with van der Waals surface area (Å²) in [5.74, 6) is 0. The van der Waals surface area contributed by atoms with E-state index in [2.05, 4.69) is 11.6 Å². The van der Waals surface area contributed by atoms with Crippen molar-refractivity contribution in [3.05, 3.63) is 78.5 Å². The highest BCUT2D eigenvalue weighted by Gasteiger charge is 2.30. The van der Waals surface area contributed by atoms with Gasteiger partial charge in [0.25, 0.3) is 0 Å². The van der Waals surface area contributed by atoms with E-state index >= 15 is 0 Å². The van der Waals surface area contributed by atoms with Gasteiger partial charge in [0.15, 0.2) is 0 Å². The van der Waals surface area contributed by atoms with E-state index in [9.17, 15) is 13.2 Å². The van der Waals surface area contributed by atoms with Gasteiger partial charge < -0.3 is 0 Å². The van der Waals surface area contributed by atoms with Crippen molar-refractivity contribution in [3.63, 3.8) is 0 Å². The van der Waals surface area contributed by atoms with E-state index in [1.165, 1.54) is 12.1 Å². The number of allylic oxidation sites excluding steroid dienone is 1. The maximum absolute atomic E-state index is 13.0. The van der Waals surface area contributed by atoms with Crippen LogP contribution in [0.1, 0.15) is 11.1 Å². The summed E-state index contributed by atoms with van der Waals surface area (Å²) < 4.78 is 38.9. The second-order valence-corrected chi connectivity index (χ2v) is 5.29. The van der Waals surface area contributed by atoms with Crippen LogP contribution in [0.5, 0.6) is 0 Å². The van der Waals surface area contributed by atoms with Crippen LogP contribution in [0.15, 0.2) is 67.4 Å². The Balaban J connectivity index is 2.24. The van der Waals surface area contributed by atoms with Crippen LogP contribution in [0.25, 0.3) is 22.0 Å². The lowest BCUT2D eigenvalue weighted by molar-refractivity contribution is -0.137.